The molecular formula is C27H30N5O2+. The first kappa shape index (κ1) is 22.2. The Hall–Kier alpha value is -3.58. The van der Waals surface area contributed by atoms with Crippen LogP contribution in [-0.4, -0.2) is 41.0 Å². The van der Waals surface area contributed by atoms with Crippen LogP contribution in [0.3, 0.4) is 0 Å². The van der Waals surface area contributed by atoms with Crippen LogP contribution < -0.4 is 16.3 Å². The molecular weight excluding hydrogens is 426 g/mol. The monoisotopic (exact) mass is 456 g/mol. The highest BCUT2D eigenvalue weighted by Gasteiger charge is 2.31. The summed E-state index contributed by atoms with van der Waals surface area (Å²) in [7, 11) is 1.84. The van der Waals surface area contributed by atoms with Gasteiger partial charge in [0.05, 0.1) is 23.2 Å². The van der Waals surface area contributed by atoms with E-state index in [-0.39, 0.29) is 17.5 Å². The Morgan fingerprint density at radius 1 is 1.29 bits per heavy atom. The van der Waals surface area contributed by atoms with Gasteiger partial charge in [-0.1, -0.05) is 29.9 Å². The molecule has 0 aromatic carbocycles. The van der Waals surface area contributed by atoms with E-state index >= 15 is 0 Å². The lowest BCUT2D eigenvalue weighted by Gasteiger charge is -2.30. The third kappa shape index (κ3) is 4.19. The second kappa shape index (κ2) is 9.73. The van der Waals surface area contributed by atoms with Crippen molar-refractivity contribution in [2.75, 3.05) is 20.3 Å². The number of hydrogen-bond acceptors (Lipinski definition) is 5. The fraction of sp³-hybridized carbons (Fsp3) is 0.333. The molecule has 2 aromatic rings. The molecule has 7 heteroatoms. The second-order valence-electron chi connectivity index (χ2n) is 8.89. The molecule has 3 aliphatic rings. The molecule has 0 spiro atoms. The van der Waals surface area contributed by atoms with Crippen LogP contribution in [-0.2, 0) is 11.2 Å². The van der Waals surface area contributed by atoms with E-state index in [0.29, 0.717) is 25.2 Å². The Labute approximate surface area is 199 Å². The van der Waals surface area contributed by atoms with Gasteiger partial charge in [-0.25, -0.2) is 4.98 Å². The summed E-state index contributed by atoms with van der Waals surface area (Å²) in [5.41, 5.74) is 12.4. The van der Waals surface area contributed by atoms with Gasteiger partial charge >= 0.3 is 0 Å². The molecule has 1 fully saturated rings. The average molecular weight is 457 g/mol. The number of nitrogens with one attached hydrogen (secondary N) is 1. The molecule has 3 heterocycles. The largest absolute Gasteiger partial charge is 0.404 e. The molecule has 1 aliphatic heterocycles. The molecule has 0 radical (unpaired) electrons. The summed E-state index contributed by atoms with van der Waals surface area (Å²) < 4.78 is 7.29. The van der Waals surface area contributed by atoms with Crippen molar-refractivity contribution in [2.45, 2.75) is 31.7 Å². The van der Waals surface area contributed by atoms with Crippen LogP contribution in [0.4, 0.5) is 0 Å². The number of allylic oxidation sites excluding steroid dienone is 6. The Bertz CT molecular complexity index is 1280. The van der Waals surface area contributed by atoms with Crippen molar-refractivity contribution in [3.63, 3.8) is 0 Å². The van der Waals surface area contributed by atoms with Gasteiger partial charge in [-0.3, -0.25) is 19.3 Å². The zero-order valence-corrected chi connectivity index (χ0v) is 19.4. The van der Waals surface area contributed by atoms with E-state index in [9.17, 15) is 4.79 Å². The highest BCUT2D eigenvalue weighted by molar-refractivity contribution is 6.06. The minimum absolute atomic E-state index is 0.0342. The van der Waals surface area contributed by atoms with Crippen LogP contribution in [0.2, 0.25) is 0 Å². The molecule has 174 valence electrons. The summed E-state index contributed by atoms with van der Waals surface area (Å²) in [5.74, 6) is 0.210. The first-order chi connectivity index (χ1) is 16.7. The van der Waals surface area contributed by atoms with E-state index in [2.05, 4.69) is 29.3 Å². The maximum Gasteiger partial charge on any atom is 0.261 e. The van der Waals surface area contributed by atoms with Gasteiger partial charge in [0.1, 0.15) is 7.05 Å². The minimum atomic E-state index is 0.0342. The number of fused-ring (bicyclic) bond motifs is 3. The van der Waals surface area contributed by atoms with Crippen molar-refractivity contribution in [3.05, 3.63) is 87.5 Å². The van der Waals surface area contributed by atoms with Crippen molar-refractivity contribution in [1.29, 1.82) is 0 Å². The van der Waals surface area contributed by atoms with Crippen LogP contribution in [0.15, 0.2) is 59.5 Å². The number of rotatable bonds is 5. The summed E-state index contributed by atoms with van der Waals surface area (Å²) in [6.07, 6.45) is 18.7. The van der Waals surface area contributed by atoms with E-state index in [4.69, 9.17) is 20.4 Å². The molecule has 7 nitrogen and oxygen atoms in total. The van der Waals surface area contributed by atoms with Crippen molar-refractivity contribution >= 4 is 23.4 Å². The van der Waals surface area contributed by atoms with Gasteiger partial charge in [0.2, 0.25) is 0 Å². The first-order valence-electron chi connectivity index (χ1n) is 11.8. The van der Waals surface area contributed by atoms with Crippen molar-refractivity contribution in [1.82, 2.24) is 14.5 Å². The van der Waals surface area contributed by atoms with Crippen LogP contribution in [0, 0.1) is 5.92 Å². The Morgan fingerprint density at radius 2 is 2.15 bits per heavy atom. The van der Waals surface area contributed by atoms with Gasteiger partial charge in [0.25, 0.3) is 5.56 Å². The lowest BCUT2D eigenvalue weighted by molar-refractivity contribution is -0.412. The second-order valence-corrected chi connectivity index (χ2v) is 8.89. The predicted molar refractivity (Wildman–Crippen MR) is 134 cm³/mol. The number of ether oxygens (including phenoxy) is 1. The molecule has 0 amide bonds. The predicted octanol–water partition coefficient (Wildman–Crippen LogP) is 1.67. The lowest BCUT2D eigenvalue weighted by Crippen LogP contribution is -2.63. The minimum Gasteiger partial charge on any atom is -0.404 e. The summed E-state index contributed by atoms with van der Waals surface area (Å²) >= 11 is 0. The Kier molecular flexibility index (Phi) is 6.36. The van der Waals surface area contributed by atoms with Gasteiger partial charge in [-0.2, -0.15) is 0 Å². The van der Waals surface area contributed by atoms with Crippen molar-refractivity contribution < 1.29 is 9.73 Å². The lowest BCUT2D eigenvalue weighted by atomic mass is 9.76. The molecule has 2 aliphatic carbocycles. The fourth-order valence-electron chi connectivity index (χ4n) is 5.04. The number of aromatic nitrogens is 3. The van der Waals surface area contributed by atoms with E-state index in [1.165, 1.54) is 5.57 Å². The topological polar surface area (TPSA) is 97.0 Å². The maximum atomic E-state index is 13.5. The fourth-order valence-corrected chi connectivity index (χ4v) is 5.04. The Balaban J connectivity index is 1.50. The van der Waals surface area contributed by atoms with Crippen LogP contribution in [0.25, 0.3) is 17.2 Å². The van der Waals surface area contributed by atoms with E-state index in [1.54, 1.807) is 17.1 Å². The van der Waals surface area contributed by atoms with E-state index in [1.807, 2.05) is 31.6 Å². The highest BCUT2D eigenvalue weighted by atomic mass is 16.5. The molecule has 5 rings (SSSR count). The summed E-state index contributed by atoms with van der Waals surface area (Å²) in [4.78, 5) is 26.0. The molecule has 1 unspecified atom stereocenters. The molecule has 1 atom stereocenters. The zero-order chi connectivity index (χ0) is 23.5. The molecule has 0 saturated carbocycles. The zero-order valence-electron chi connectivity index (χ0n) is 19.4. The number of nitrogens with two attached hydrogens (primary N) is 1. The number of hydrogen-bond donors (Lipinski definition) is 2. The van der Waals surface area contributed by atoms with Crippen LogP contribution in [0.5, 0.6) is 0 Å². The normalized spacial score (nSPS) is 20.6. The van der Waals surface area contributed by atoms with Gasteiger partial charge in [0.15, 0.2) is 6.21 Å². The summed E-state index contributed by atoms with van der Waals surface area (Å²) in [6, 6.07) is 4.20. The number of pyridine rings is 1. The van der Waals surface area contributed by atoms with Crippen molar-refractivity contribution in [2.24, 2.45) is 11.7 Å². The smallest absolute Gasteiger partial charge is 0.261 e. The van der Waals surface area contributed by atoms with Gasteiger partial charge in [-0.05, 0) is 37.0 Å². The quantitative estimate of drug-likeness (QED) is 0.667. The van der Waals surface area contributed by atoms with Crippen molar-refractivity contribution in [3.8, 4) is 0 Å². The summed E-state index contributed by atoms with van der Waals surface area (Å²) in [5, 5.41) is 0. The molecule has 0 bridgehead atoms. The summed E-state index contributed by atoms with van der Waals surface area (Å²) in [6.45, 7) is 1.37. The molecule has 34 heavy (non-hydrogen) atoms. The SMILES string of the molecule is C[NH+]=CC(=CN)c1ccc(CC2=Cc3c(ncn(C4CCOCC4)c3=O)C3=CC=CCC23)nc1. The first-order valence-corrected chi connectivity index (χ1v) is 11.8. The standard InChI is InChI=1S/C27H29N5O2/c1-29-15-20(14-28)18-6-7-21(30-16-18)12-19-13-25-26(24-5-3-2-4-23(19)24)31-17-32(27(25)33)22-8-10-34-11-9-22/h2-3,5-7,13-17,22-23H,4,8-12,28H2,1H3/p+1. The highest BCUT2D eigenvalue weighted by Crippen LogP contribution is 2.41. The maximum absolute atomic E-state index is 13.5. The Morgan fingerprint density at radius 3 is 2.88 bits per heavy atom. The van der Waals surface area contributed by atoms with E-state index < -0.39 is 0 Å². The average Bonchev–Trinajstić information content (AvgIpc) is 2.89. The molecule has 3 N–H and O–H groups in total. The van der Waals surface area contributed by atoms with Crippen LogP contribution in [0.1, 0.15) is 47.8 Å². The third-order valence-corrected chi connectivity index (χ3v) is 6.85. The van der Waals surface area contributed by atoms with E-state index in [0.717, 1.165) is 47.4 Å². The van der Waals surface area contributed by atoms with Gasteiger partial charge in [0, 0.05) is 55.2 Å². The van der Waals surface area contributed by atoms with Gasteiger partial charge < -0.3 is 10.5 Å². The third-order valence-electron chi connectivity index (χ3n) is 6.85. The number of nitrogens with zero attached hydrogens (tertiary/aromatic N) is 3. The molecule has 2 aromatic heterocycles. The van der Waals surface area contributed by atoms with Gasteiger partial charge in [-0.15, -0.1) is 0 Å². The van der Waals surface area contributed by atoms with Crippen LogP contribution >= 0.6 is 0 Å². The molecule has 1 saturated heterocycles.